The Morgan fingerprint density at radius 2 is 1.19 bits per heavy atom. The lowest BCUT2D eigenvalue weighted by molar-refractivity contribution is 1.12. The minimum absolute atomic E-state index is 0.558. The van der Waals surface area contributed by atoms with E-state index in [1.54, 1.807) is 12.4 Å². The van der Waals surface area contributed by atoms with Gasteiger partial charge in [0.05, 0.1) is 23.3 Å². The topological polar surface area (TPSA) is 54.8 Å². The molecule has 5 rings (SSSR count). The summed E-state index contributed by atoms with van der Waals surface area (Å²) in [6.07, 6.45) is 5.11. The second kappa shape index (κ2) is 9.15. The van der Waals surface area contributed by atoms with E-state index in [0.717, 1.165) is 16.9 Å². The van der Waals surface area contributed by atoms with Crippen LogP contribution in [0.1, 0.15) is 38.9 Å². The van der Waals surface area contributed by atoms with Gasteiger partial charge in [0.2, 0.25) is 0 Å². The molecule has 5 nitrogen and oxygen atoms in total. The van der Waals surface area contributed by atoms with E-state index in [0.29, 0.717) is 11.3 Å². The number of hydrogen-bond donors (Lipinski definition) is 0. The Kier molecular flexibility index (Phi) is 6.00. The molecule has 0 saturated heterocycles. The van der Waals surface area contributed by atoms with Crippen molar-refractivity contribution >= 4 is 28.4 Å². The third kappa shape index (κ3) is 3.91. The highest BCUT2D eigenvalue weighted by Crippen LogP contribution is 2.46. The van der Waals surface area contributed by atoms with Crippen LogP contribution in [0.25, 0.3) is 22.6 Å². The van der Waals surface area contributed by atoms with Crippen LogP contribution in [0.3, 0.4) is 0 Å². The predicted octanol–water partition coefficient (Wildman–Crippen LogP) is 7.72. The van der Waals surface area contributed by atoms with Crippen LogP contribution in [0.5, 0.6) is 0 Å². The Balaban J connectivity index is 1.79. The third-order valence-corrected chi connectivity index (χ3v) is 7.13. The summed E-state index contributed by atoms with van der Waals surface area (Å²) in [5.74, 6) is 0. The highest BCUT2D eigenvalue weighted by molar-refractivity contribution is 5.88. The molecule has 36 heavy (non-hydrogen) atoms. The lowest BCUT2D eigenvalue weighted by Gasteiger charge is -2.33. The van der Waals surface area contributed by atoms with Gasteiger partial charge in [-0.15, -0.1) is 0 Å². The van der Waals surface area contributed by atoms with Crippen LogP contribution in [0.4, 0.5) is 17.1 Å². The van der Waals surface area contributed by atoms with Crippen molar-refractivity contribution in [3.05, 3.63) is 100.0 Å². The number of para-hydroxylation sites is 1. The molecule has 0 aliphatic heterocycles. The van der Waals surface area contributed by atoms with E-state index in [1.165, 1.54) is 50.3 Å². The third-order valence-electron chi connectivity index (χ3n) is 7.13. The zero-order chi connectivity index (χ0) is 25.6. The van der Waals surface area contributed by atoms with Crippen LogP contribution in [0.2, 0.25) is 0 Å². The van der Waals surface area contributed by atoms with E-state index in [2.05, 4.69) is 111 Å². The van der Waals surface area contributed by atoms with Crippen molar-refractivity contribution in [1.82, 2.24) is 19.9 Å². The van der Waals surface area contributed by atoms with E-state index in [-0.39, 0.29) is 0 Å². The highest BCUT2D eigenvalue weighted by Gasteiger charge is 2.25. The molecular formula is C31H31N5. The highest BCUT2D eigenvalue weighted by atomic mass is 15.2. The van der Waals surface area contributed by atoms with Crippen LogP contribution < -0.4 is 4.90 Å². The lowest BCUT2D eigenvalue weighted by atomic mass is 9.89. The predicted molar refractivity (Wildman–Crippen MR) is 148 cm³/mol. The zero-order valence-corrected chi connectivity index (χ0v) is 22.0. The maximum absolute atomic E-state index is 4.83. The van der Waals surface area contributed by atoms with Gasteiger partial charge in [0, 0.05) is 23.6 Å². The number of fused-ring (bicyclic) bond motifs is 1. The minimum Gasteiger partial charge on any atom is -0.309 e. The van der Waals surface area contributed by atoms with Crippen molar-refractivity contribution in [2.75, 3.05) is 4.90 Å². The van der Waals surface area contributed by atoms with Crippen molar-refractivity contribution < 1.29 is 0 Å². The Hall–Kier alpha value is -4.12. The number of aromatic nitrogens is 4. The van der Waals surface area contributed by atoms with Gasteiger partial charge in [0.1, 0.15) is 0 Å². The molecule has 0 N–H and O–H groups in total. The first-order valence-corrected chi connectivity index (χ1v) is 12.3. The van der Waals surface area contributed by atoms with Crippen LogP contribution >= 0.6 is 0 Å². The first-order chi connectivity index (χ1) is 17.3. The monoisotopic (exact) mass is 473 g/mol. The molecular weight excluding hydrogens is 442 g/mol. The van der Waals surface area contributed by atoms with E-state index in [1.807, 2.05) is 6.20 Å². The Morgan fingerprint density at radius 3 is 1.81 bits per heavy atom. The largest absolute Gasteiger partial charge is 0.309 e. The average Bonchev–Trinajstić information content (AvgIpc) is 2.86. The number of rotatable bonds is 4. The molecule has 0 amide bonds. The molecule has 0 spiro atoms. The summed E-state index contributed by atoms with van der Waals surface area (Å²) in [5.41, 5.74) is 15.2. The normalized spacial score (nSPS) is 11.2. The van der Waals surface area contributed by atoms with Gasteiger partial charge in [0.25, 0.3) is 0 Å². The zero-order valence-electron chi connectivity index (χ0n) is 22.0. The molecule has 0 atom stereocenters. The molecule has 0 bridgehead atoms. The number of benzene rings is 3. The van der Waals surface area contributed by atoms with Gasteiger partial charge in [-0.1, -0.05) is 35.9 Å². The smallest absolute Gasteiger partial charge is 0.198 e. The van der Waals surface area contributed by atoms with E-state index in [9.17, 15) is 0 Å². The molecule has 0 unspecified atom stereocenters. The van der Waals surface area contributed by atoms with E-state index >= 15 is 0 Å². The lowest BCUT2D eigenvalue weighted by Crippen LogP contribution is -2.17. The average molecular weight is 474 g/mol. The summed E-state index contributed by atoms with van der Waals surface area (Å²) in [7, 11) is 0. The summed E-state index contributed by atoms with van der Waals surface area (Å²) in [6, 6.07) is 15.2. The summed E-state index contributed by atoms with van der Waals surface area (Å²) < 4.78 is 0. The Morgan fingerprint density at radius 1 is 0.611 bits per heavy atom. The van der Waals surface area contributed by atoms with Crippen molar-refractivity contribution in [2.45, 2.75) is 48.5 Å². The van der Waals surface area contributed by atoms with Crippen molar-refractivity contribution in [2.24, 2.45) is 0 Å². The number of anilines is 3. The standard InChI is InChI=1S/C31H31N5/c1-18-15-19(2)28(20(3)16-18)36(25-11-9-8-10-12-25)29-23(6)21(4)27(22(5)24(29)7)26-17-34-30-31(35-26)33-14-13-32-30/h8-17H,1-7H3. The van der Waals surface area contributed by atoms with E-state index < -0.39 is 0 Å². The molecule has 5 heteroatoms. The van der Waals surface area contributed by atoms with Gasteiger partial charge in [-0.3, -0.25) is 0 Å². The fourth-order valence-electron chi connectivity index (χ4n) is 5.36. The number of aryl methyl sites for hydroxylation is 3. The fraction of sp³-hybridized carbons (Fsp3) is 0.226. The molecule has 0 fully saturated rings. The van der Waals surface area contributed by atoms with Gasteiger partial charge in [-0.2, -0.15) is 0 Å². The summed E-state index contributed by atoms with van der Waals surface area (Å²) >= 11 is 0. The summed E-state index contributed by atoms with van der Waals surface area (Å²) in [6.45, 7) is 15.4. The van der Waals surface area contributed by atoms with Crippen LogP contribution in [0, 0.1) is 48.5 Å². The van der Waals surface area contributed by atoms with Gasteiger partial charge in [0.15, 0.2) is 11.3 Å². The molecule has 0 aliphatic rings. The Bertz CT molecular complexity index is 1550. The summed E-state index contributed by atoms with van der Waals surface area (Å²) in [5, 5.41) is 0. The molecule has 5 aromatic rings. The minimum atomic E-state index is 0.558. The maximum atomic E-state index is 4.83. The second-order valence-corrected chi connectivity index (χ2v) is 9.60. The summed E-state index contributed by atoms with van der Waals surface area (Å²) in [4.78, 5) is 20.5. The maximum Gasteiger partial charge on any atom is 0.198 e. The van der Waals surface area contributed by atoms with Gasteiger partial charge in [-0.25, -0.2) is 19.9 Å². The SMILES string of the molecule is Cc1cc(C)c(N(c2ccccc2)c2c(C)c(C)c(-c3cnc4nccnc4n3)c(C)c2C)c(C)c1. The van der Waals surface area contributed by atoms with Crippen molar-refractivity contribution in [1.29, 1.82) is 0 Å². The molecule has 0 saturated carbocycles. The second-order valence-electron chi connectivity index (χ2n) is 9.60. The van der Waals surface area contributed by atoms with Crippen LogP contribution in [-0.4, -0.2) is 19.9 Å². The molecule has 2 heterocycles. The molecule has 2 aromatic heterocycles. The van der Waals surface area contributed by atoms with Gasteiger partial charge >= 0.3 is 0 Å². The van der Waals surface area contributed by atoms with Crippen molar-refractivity contribution in [3.8, 4) is 11.3 Å². The van der Waals surface area contributed by atoms with Gasteiger partial charge in [-0.05, 0) is 94.0 Å². The molecule has 0 radical (unpaired) electrons. The van der Waals surface area contributed by atoms with E-state index in [4.69, 9.17) is 4.98 Å². The fourth-order valence-corrected chi connectivity index (χ4v) is 5.36. The van der Waals surface area contributed by atoms with Crippen LogP contribution in [-0.2, 0) is 0 Å². The molecule has 3 aromatic carbocycles. The van der Waals surface area contributed by atoms with Crippen LogP contribution in [0.15, 0.2) is 61.1 Å². The molecule has 180 valence electrons. The number of nitrogens with zero attached hydrogens (tertiary/aromatic N) is 5. The first kappa shape index (κ1) is 23.6. The quantitative estimate of drug-likeness (QED) is 0.267. The van der Waals surface area contributed by atoms with Crippen molar-refractivity contribution in [3.63, 3.8) is 0 Å². The molecule has 0 aliphatic carbocycles. The first-order valence-electron chi connectivity index (χ1n) is 12.3. The van der Waals surface area contributed by atoms with Gasteiger partial charge < -0.3 is 4.90 Å². The Labute approximate surface area is 212 Å². The number of hydrogen-bond acceptors (Lipinski definition) is 5.